The topological polar surface area (TPSA) is 0 Å². The highest BCUT2D eigenvalue weighted by Gasteiger charge is 2.35. The first-order valence-electron chi connectivity index (χ1n) is 11.5. The van der Waals surface area contributed by atoms with Crippen LogP contribution in [-0.2, 0) is 5.41 Å². The monoisotopic (exact) mass is 398 g/mol. The van der Waals surface area contributed by atoms with Gasteiger partial charge in [0.15, 0.2) is 0 Å². The molecule has 158 valence electrons. The van der Waals surface area contributed by atoms with E-state index >= 15 is 0 Å². The van der Waals surface area contributed by atoms with E-state index < -0.39 is 0 Å². The highest BCUT2D eigenvalue weighted by atomic mass is 14.4. The highest BCUT2D eigenvalue weighted by molar-refractivity contribution is 5.50. The zero-order chi connectivity index (χ0) is 21.5. The molecule has 0 spiro atoms. The molecule has 0 unspecified atom stereocenters. The molecule has 0 heterocycles. The standard InChI is InChI=1S/C28H34.C2H4/c1-2-3-4-5-6-7-17-24-28(25-18-11-8-12-19-25,26-20-13-9-14-21-26)27-22-15-10-16-23-27;1-2/h8-16,18-23H,2-7,17,24H2,1H3;1-2H2. The number of hydrogen-bond acceptors (Lipinski definition) is 0. The van der Waals surface area contributed by atoms with E-state index in [0.717, 1.165) is 6.42 Å². The largest absolute Gasteiger partial charge is 0.106 e. The predicted octanol–water partition coefficient (Wildman–Crippen LogP) is 8.96. The lowest BCUT2D eigenvalue weighted by atomic mass is 9.66. The van der Waals surface area contributed by atoms with Crippen molar-refractivity contribution in [2.45, 2.75) is 63.7 Å². The maximum Gasteiger partial charge on any atom is 0.0451 e. The normalized spacial score (nSPS) is 10.8. The van der Waals surface area contributed by atoms with E-state index in [9.17, 15) is 0 Å². The van der Waals surface area contributed by atoms with Gasteiger partial charge >= 0.3 is 0 Å². The summed E-state index contributed by atoms with van der Waals surface area (Å²) in [6.45, 7) is 8.29. The Morgan fingerprint density at radius 2 is 0.833 bits per heavy atom. The maximum atomic E-state index is 3.00. The molecule has 0 amide bonds. The molecule has 0 aliphatic carbocycles. The SMILES string of the molecule is C=C.CCCCCCCCCC(c1ccccc1)(c1ccccc1)c1ccccc1. The number of hydrogen-bond donors (Lipinski definition) is 0. The summed E-state index contributed by atoms with van der Waals surface area (Å²) in [6.07, 6.45) is 10.5. The molecule has 3 rings (SSSR count). The van der Waals surface area contributed by atoms with Crippen LogP contribution in [-0.4, -0.2) is 0 Å². The fourth-order valence-corrected chi connectivity index (χ4v) is 4.45. The van der Waals surface area contributed by atoms with Crippen LogP contribution < -0.4 is 0 Å². The maximum absolute atomic E-state index is 3.00. The summed E-state index contributed by atoms with van der Waals surface area (Å²) in [5.41, 5.74) is 4.13. The molecule has 0 saturated carbocycles. The van der Waals surface area contributed by atoms with E-state index in [-0.39, 0.29) is 5.41 Å². The molecule has 0 heteroatoms. The Balaban J connectivity index is 0.00000155. The molecule has 0 bridgehead atoms. The average molecular weight is 399 g/mol. The van der Waals surface area contributed by atoms with Crippen LogP contribution in [0.15, 0.2) is 104 Å². The van der Waals surface area contributed by atoms with E-state index in [1.807, 2.05) is 0 Å². The molecule has 30 heavy (non-hydrogen) atoms. The zero-order valence-corrected chi connectivity index (χ0v) is 18.7. The number of unbranched alkanes of at least 4 members (excludes halogenated alkanes) is 6. The van der Waals surface area contributed by atoms with Crippen molar-refractivity contribution in [3.05, 3.63) is 121 Å². The van der Waals surface area contributed by atoms with E-state index in [1.165, 1.54) is 61.6 Å². The lowest BCUT2D eigenvalue weighted by Crippen LogP contribution is -2.29. The van der Waals surface area contributed by atoms with Gasteiger partial charge in [-0.15, -0.1) is 13.2 Å². The Bertz CT molecular complexity index is 693. The third kappa shape index (κ3) is 6.20. The summed E-state index contributed by atoms with van der Waals surface area (Å²) in [5, 5.41) is 0. The molecule has 0 saturated heterocycles. The van der Waals surface area contributed by atoms with Crippen molar-refractivity contribution < 1.29 is 0 Å². The molecule has 0 fully saturated rings. The number of rotatable bonds is 11. The lowest BCUT2D eigenvalue weighted by Gasteiger charge is -2.36. The Morgan fingerprint density at radius 1 is 0.500 bits per heavy atom. The van der Waals surface area contributed by atoms with Gasteiger partial charge in [-0.3, -0.25) is 0 Å². The van der Waals surface area contributed by atoms with Gasteiger partial charge in [-0.2, -0.15) is 0 Å². The molecular formula is C30H38. The summed E-state index contributed by atoms with van der Waals surface area (Å²) >= 11 is 0. The second-order valence-corrected chi connectivity index (χ2v) is 7.87. The summed E-state index contributed by atoms with van der Waals surface area (Å²) in [5.74, 6) is 0. The zero-order valence-electron chi connectivity index (χ0n) is 18.7. The molecule has 0 atom stereocenters. The first-order chi connectivity index (χ1) is 14.9. The number of benzene rings is 3. The van der Waals surface area contributed by atoms with Crippen LogP contribution in [0.1, 0.15) is 75.0 Å². The second kappa shape index (κ2) is 13.6. The van der Waals surface area contributed by atoms with Gasteiger partial charge in [0.2, 0.25) is 0 Å². The van der Waals surface area contributed by atoms with Gasteiger partial charge in [-0.05, 0) is 23.1 Å². The Labute approximate surface area is 184 Å². The molecule has 0 nitrogen and oxygen atoms in total. The Hall–Kier alpha value is -2.60. The average Bonchev–Trinajstić information content (AvgIpc) is 2.84. The van der Waals surface area contributed by atoms with Gasteiger partial charge in [-0.25, -0.2) is 0 Å². The van der Waals surface area contributed by atoms with E-state index in [0.29, 0.717) is 0 Å². The van der Waals surface area contributed by atoms with Gasteiger partial charge in [-0.1, -0.05) is 143 Å². The smallest absolute Gasteiger partial charge is 0.0451 e. The summed E-state index contributed by atoms with van der Waals surface area (Å²) in [7, 11) is 0. The Kier molecular flexibility index (Phi) is 10.7. The molecule has 0 aliphatic rings. The van der Waals surface area contributed by atoms with Gasteiger partial charge in [0.25, 0.3) is 0 Å². The molecule has 0 aliphatic heterocycles. The van der Waals surface area contributed by atoms with Gasteiger partial charge in [0.1, 0.15) is 0 Å². The lowest BCUT2D eigenvalue weighted by molar-refractivity contribution is 0.496. The van der Waals surface area contributed by atoms with Crippen LogP contribution in [0, 0.1) is 0 Å². The van der Waals surface area contributed by atoms with Crippen LogP contribution in [0.2, 0.25) is 0 Å². The van der Waals surface area contributed by atoms with Crippen LogP contribution in [0.25, 0.3) is 0 Å². The van der Waals surface area contributed by atoms with Crippen LogP contribution in [0.3, 0.4) is 0 Å². The molecule has 3 aromatic carbocycles. The van der Waals surface area contributed by atoms with Crippen LogP contribution in [0.4, 0.5) is 0 Å². The Morgan fingerprint density at radius 3 is 1.20 bits per heavy atom. The summed E-state index contributed by atoms with van der Waals surface area (Å²) in [4.78, 5) is 0. The summed E-state index contributed by atoms with van der Waals surface area (Å²) in [6, 6.07) is 33.3. The van der Waals surface area contributed by atoms with E-state index in [2.05, 4.69) is 111 Å². The van der Waals surface area contributed by atoms with Crippen molar-refractivity contribution in [1.29, 1.82) is 0 Å². The molecular weight excluding hydrogens is 360 g/mol. The van der Waals surface area contributed by atoms with Crippen molar-refractivity contribution in [2.75, 3.05) is 0 Å². The van der Waals surface area contributed by atoms with E-state index in [1.54, 1.807) is 0 Å². The van der Waals surface area contributed by atoms with Crippen molar-refractivity contribution in [3.8, 4) is 0 Å². The third-order valence-electron chi connectivity index (χ3n) is 5.96. The minimum Gasteiger partial charge on any atom is -0.106 e. The molecule has 0 N–H and O–H groups in total. The highest BCUT2D eigenvalue weighted by Crippen LogP contribution is 2.43. The van der Waals surface area contributed by atoms with Gasteiger partial charge < -0.3 is 0 Å². The van der Waals surface area contributed by atoms with Gasteiger partial charge in [0.05, 0.1) is 0 Å². The first kappa shape index (κ1) is 23.7. The molecule has 3 aromatic rings. The van der Waals surface area contributed by atoms with Crippen molar-refractivity contribution >= 4 is 0 Å². The fraction of sp³-hybridized carbons (Fsp3) is 0.333. The van der Waals surface area contributed by atoms with Crippen molar-refractivity contribution in [2.24, 2.45) is 0 Å². The van der Waals surface area contributed by atoms with Crippen molar-refractivity contribution in [3.63, 3.8) is 0 Å². The molecule has 0 aromatic heterocycles. The first-order valence-corrected chi connectivity index (χ1v) is 11.5. The third-order valence-corrected chi connectivity index (χ3v) is 5.96. The quantitative estimate of drug-likeness (QED) is 0.172. The minimum absolute atomic E-state index is 0.0762. The minimum atomic E-state index is -0.0762. The van der Waals surface area contributed by atoms with Gasteiger partial charge in [0, 0.05) is 5.41 Å². The van der Waals surface area contributed by atoms with Crippen LogP contribution >= 0.6 is 0 Å². The fourth-order valence-electron chi connectivity index (χ4n) is 4.45. The predicted molar refractivity (Wildman–Crippen MR) is 133 cm³/mol. The molecule has 0 radical (unpaired) electrons. The van der Waals surface area contributed by atoms with E-state index in [4.69, 9.17) is 0 Å². The second-order valence-electron chi connectivity index (χ2n) is 7.87. The van der Waals surface area contributed by atoms with Crippen LogP contribution in [0.5, 0.6) is 0 Å². The van der Waals surface area contributed by atoms with Crippen molar-refractivity contribution in [1.82, 2.24) is 0 Å². The summed E-state index contributed by atoms with van der Waals surface area (Å²) < 4.78 is 0.